The van der Waals surface area contributed by atoms with Crippen molar-refractivity contribution in [2.24, 2.45) is 0 Å². The summed E-state index contributed by atoms with van der Waals surface area (Å²) < 4.78 is 51.5. The standard InChI is InChI=1S/C14H16F3NO3/c15-14(16,17)21-12-3-1-11(2-4-12)18-7-5-13(6-8-18)19-9-10-20-13/h1-4H,5-10H2. The average molecular weight is 303 g/mol. The normalized spacial score (nSPS) is 21.8. The molecule has 1 aromatic rings. The van der Waals surface area contributed by atoms with Gasteiger partial charge in [0.05, 0.1) is 13.2 Å². The SMILES string of the molecule is FC(F)(F)Oc1ccc(N2CCC3(CC2)OCCO3)cc1. The molecule has 2 fully saturated rings. The molecular formula is C14H16F3NO3. The van der Waals surface area contributed by atoms with E-state index in [1.807, 2.05) is 0 Å². The van der Waals surface area contributed by atoms with Crippen LogP contribution in [0.5, 0.6) is 5.75 Å². The number of rotatable bonds is 2. The number of hydrogen-bond donors (Lipinski definition) is 0. The van der Waals surface area contributed by atoms with Gasteiger partial charge in [0.25, 0.3) is 0 Å². The Kier molecular flexibility index (Phi) is 3.71. The number of piperidine rings is 1. The third-order valence-electron chi connectivity index (χ3n) is 3.77. The van der Waals surface area contributed by atoms with Crippen molar-refractivity contribution in [2.45, 2.75) is 25.0 Å². The lowest BCUT2D eigenvalue weighted by Gasteiger charge is -2.38. The van der Waals surface area contributed by atoms with Gasteiger partial charge in [0, 0.05) is 31.6 Å². The second kappa shape index (κ2) is 5.38. The highest BCUT2D eigenvalue weighted by molar-refractivity contribution is 5.49. The van der Waals surface area contributed by atoms with Crippen LogP contribution in [-0.4, -0.2) is 38.5 Å². The molecule has 0 aliphatic carbocycles. The van der Waals surface area contributed by atoms with E-state index in [0.29, 0.717) is 13.2 Å². The lowest BCUT2D eigenvalue weighted by molar-refractivity contribution is -0.274. The fraction of sp³-hybridized carbons (Fsp3) is 0.571. The summed E-state index contributed by atoms with van der Waals surface area (Å²) in [5, 5.41) is 0. The molecule has 0 N–H and O–H groups in total. The van der Waals surface area contributed by atoms with Gasteiger partial charge in [-0.05, 0) is 24.3 Å². The second-order valence-corrected chi connectivity index (χ2v) is 5.14. The molecule has 0 unspecified atom stereocenters. The molecule has 2 saturated heterocycles. The Balaban J connectivity index is 1.60. The molecular weight excluding hydrogens is 287 g/mol. The monoisotopic (exact) mass is 303 g/mol. The van der Waals surface area contributed by atoms with Crippen molar-refractivity contribution in [1.82, 2.24) is 0 Å². The maximum absolute atomic E-state index is 12.1. The molecule has 4 nitrogen and oxygen atoms in total. The van der Waals surface area contributed by atoms with Gasteiger partial charge in [-0.3, -0.25) is 0 Å². The van der Waals surface area contributed by atoms with Crippen molar-refractivity contribution >= 4 is 5.69 Å². The number of hydrogen-bond acceptors (Lipinski definition) is 4. The lowest BCUT2D eigenvalue weighted by Crippen LogP contribution is -2.45. The summed E-state index contributed by atoms with van der Waals surface area (Å²) in [5.41, 5.74) is 0.873. The van der Waals surface area contributed by atoms with Crippen molar-refractivity contribution < 1.29 is 27.4 Å². The van der Waals surface area contributed by atoms with E-state index in [1.165, 1.54) is 12.1 Å². The number of ether oxygens (including phenoxy) is 3. The highest BCUT2D eigenvalue weighted by atomic mass is 19.4. The molecule has 0 atom stereocenters. The zero-order chi connectivity index (χ0) is 14.9. The quantitative estimate of drug-likeness (QED) is 0.840. The molecule has 7 heteroatoms. The van der Waals surface area contributed by atoms with Crippen LogP contribution in [0.1, 0.15) is 12.8 Å². The Morgan fingerprint density at radius 1 is 1.00 bits per heavy atom. The highest BCUT2D eigenvalue weighted by Gasteiger charge is 2.39. The van der Waals surface area contributed by atoms with Gasteiger partial charge in [-0.15, -0.1) is 13.2 Å². The van der Waals surface area contributed by atoms with Crippen LogP contribution < -0.4 is 9.64 Å². The van der Waals surface area contributed by atoms with Crippen molar-refractivity contribution in [3.8, 4) is 5.75 Å². The van der Waals surface area contributed by atoms with Gasteiger partial charge in [0.2, 0.25) is 0 Å². The zero-order valence-electron chi connectivity index (χ0n) is 11.4. The van der Waals surface area contributed by atoms with Crippen molar-refractivity contribution in [2.75, 3.05) is 31.2 Å². The van der Waals surface area contributed by atoms with Crippen molar-refractivity contribution in [3.05, 3.63) is 24.3 Å². The molecule has 116 valence electrons. The smallest absolute Gasteiger partial charge is 0.406 e. The Labute approximate surface area is 120 Å². The van der Waals surface area contributed by atoms with E-state index in [0.717, 1.165) is 31.6 Å². The first-order valence-corrected chi connectivity index (χ1v) is 6.85. The summed E-state index contributed by atoms with van der Waals surface area (Å²) in [6.45, 7) is 2.76. The van der Waals surface area contributed by atoms with Crippen LogP contribution in [-0.2, 0) is 9.47 Å². The Morgan fingerprint density at radius 3 is 2.10 bits per heavy atom. The minimum atomic E-state index is -4.66. The van der Waals surface area contributed by atoms with E-state index in [9.17, 15) is 13.2 Å². The average Bonchev–Trinajstić information content (AvgIpc) is 2.87. The number of anilines is 1. The molecule has 0 radical (unpaired) electrons. The van der Waals surface area contributed by atoms with Crippen molar-refractivity contribution in [3.63, 3.8) is 0 Å². The van der Waals surface area contributed by atoms with E-state index >= 15 is 0 Å². The minimum absolute atomic E-state index is 0.206. The number of halogens is 3. The van der Waals surface area contributed by atoms with Gasteiger partial charge in [-0.25, -0.2) is 0 Å². The molecule has 3 rings (SSSR count). The highest BCUT2D eigenvalue weighted by Crippen LogP contribution is 2.34. The zero-order valence-corrected chi connectivity index (χ0v) is 11.4. The summed E-state index contributed by atoms with van der Waals surface area (Å²) in [7, 11) is 0. The first-order valence-electron chi connectivity index (χ1n) is 6.85. The predicted molar refractivity (Wildman–Crippen MR) is 69.2 cm³/mol. The lowest BCUT2D eigenvalue weighted by atomic mass is 10.0. The number of alkyl halides is 3. The van der Waals surface area contributed by atoms with Crippen LogP contribution >= 0.6 is 0 Å². The van der Waals surface area contributed by atoms with Gasteiger partial charge in [-0.2, -0.15) is 0 Å². The van der Waals surface area contributed by atoms with Gasteiger partial charge >= 0.3 is 6.36 Å². The van der Waals surface area contributed by atoms with E-state index in [2.05, 4.69) is 9.64 Å². The summed E-state index contributed by atoms with van der Waals surface area (Å²) in [6, 6.07) is 5.93. The summed E-state index contributed by atoms with van der Waals surface area (Å²) in [4.78, 5) is 2.10. The van der Waals surface area contributed by atoms with Gasteiger partial charge in [0.1, 0.15) is 5.75 Å². The van der Waals surface area contributed by atoms with Gasteiger partial charge in [0.15, 0.2) is 5.79 Å². The largest absolute Gasteiger partial charge is 0.573 e. The minimum Gasteiger partial charge on any atom is -0.406 e. The Morgan fingerprint density at radius 2 is 1.57 bits per heavy atom. The fourth-order valence-electron chi connectivity index (χ4n) is 2.75. The maximum Gasteiger partial charge on any atom is 0.573 e. The predicted octanol–water partition coefficient (Wildman–Crippen LogP) is 2.93. The molecule has 1 aromatic carbocycles. The van der Waals surface area contributed by atoms with Crippen molar-refractivity contribution in [1.29, 1.82) is 0 Å². The number of nitrogens with zero attached hydrogens (tertiary/aromatic N) is 1. The molecule has 2 heterocycles. The second-order valence-electron chi connectivity index (χ2n) is 5.14. The Bertz CT molecular complexity index is 473. The van der Waals surface area contributed by atoms with E-state index in [4.69, 9.17) is 9.47 Å². The summed E-state index contributed by atoms with van der Waals surface area (Å²) in [6.07, 6.45) is -3.14. The molecule has 2 aliphatic rings. The third-order valence-corrected chi connectivity index (χ3v) is 3.77. The van der Waals surface area contributed by atoms with E-state index in [1.54, 1.807) is 12.1 Å². The molecule has 0 bridgehead atoms. The van der Waals surface area contributed by atoms with Crippen LogP contribution in [0.2, 0.25) is 0 Å². The van der Waals surface area contributed by atoms with Crippen LogP contribution in [0, 0.1) is 0 Å². The first kappa shape index (κ1) is 14.5. The number of benzene rings is 1. The first-order chi connectivity index (χ1) is 9.96. The molecule has 0 saturated carbocycles. The van der Waals surface area contributed by atoms with Crippen LogP contribution in [0.3, 0.4) is 0 Å². The van der Waals surface area contributed by atoms with Gasteiger partial charge in [-0.1, -0.05) is 0 Å². The Hall–Kier alpha value is -1.47. The fourth-order valence-corrected chi connectivity index (χ4v) is 2.75. The third kappa shape index (κ3) is 3.41. The van der Waals surface area contributed by atoms with E-state index in [-0.39, 0.29) is 5.75 Å². The molecule has 1 spiro atoms. The van der Waals surface area contributed by atoms with Crippen LogP contribution in [0.15, 0.2) is 24.3 Å². The van der Waals surface area contributed by atoms with E-state index < -0.39 is 12.1 Å². The summed E-state index contributed by atoms with van der Waals surface area (Å²) >= 11 is 0. The molecule has 21 heavy (non-hydrogen) atoms. The molecule has 0 aromatic heterocycles. The van der Waals surface area contributed by atoms with Crippen LogP contribution in [0.25, 0.3) is 0 Å². The topological polar surface area (TPSA) is 30.9 Å². The molecule has 0 amide bonds. The maximum atomic E-state index is 12.1. The van der Waals surface area contributed by atoms with Gasteiger partial charge < -0.3 is 19.1 Å². The van der Waals surface area contributed by atoms with Crippen LogP contribution in [0.4, 0.5) is 18.9 Å². The molecule has 2 aliphatic heterocycles. The summed E-state index contributed by atoms with van der Waals surface area (Å²) in [5.74, 6) is -0.655.